The normalized spacial score (nSPS) is 18.8. The lowest BCUT2D eigenvalue weighted by Gasteiger charge is -2.26. The van der Waals surface area contributed by atoms with E-state index < -0.39 is 0 Å². The highest BCUT2D eigenvalue weighted by Crippen LogP contribution is 2.17. The molecule has 0 saturated carbocycles. The van der Waals surface area contributed by atoms with Gasteiger partial charge in [0.15, 0.2) is 0 Å². The lowest BCUT2D eigenvalue weighted by molar-refractivity contribution is -0.163. The van der Waals surface area contributed by atoms with Crippen LogP contribution in [0.15, 0.2) is 37.4 Å². The van der Waals surface area contributed by atoms with Gasteiger partial charge in [-0.05, 0) is 12.8 Å². The maximum absolute atomic E-state index is 6.08. The minimum atomic E-state index is 0.190. The molecule has 138 valence electrons. The van der Waals surface area contributed by atoms with Crippen molar-refractivity contribution in [1.29, 1.82) is 0 Å². The van der Waals surface area contributed by atoms with E-state index in [2.05, 4.69) is 24.2 Å². The number of imidazole rings is 2. The van der Waals surface area contributed by atoms with Crippen LogP contribution in [0, 0.1) is 0 Å². The topological polar surface area (TPSA) is 48.1 Å². The van der Waals surface area contributed by atoms with E-state index in [-0.39, 0.29) is 6.17 Å². The molecule has 6 nitrogen and oxygen atoms in total. The molecular formula is C19H31N5O. The molecule has 0 spiro atoms. The molecule has 0 atom stereocenters. The molecule has 1 saturated heterocycles. The molecule has 3 heterocycles. The van der Waals surface area contributed by atoms with E-state index in [1.165, 1.54) is 51.4 Å². The van der Waals surface area contributed by atoms with Crippen molar-refractivity contribution in [3.8, 4) is 0 Å². The highest BCUT2D eigenvalue weighted by atomic mass is 16.7. The number of hydrogen-bond donors (Lipinski definition) is 0. The van der Waals surface area contributed by atoms with Gasteiger partial charge in [0, 0.05) is 44.3 Å². The molecule has 0 aliphatic carbocycles. The molecule has 3 rings (SSSR count). The first-order valence-electron chi connectivity index (χ1n) is 9.76. The summed E-state index contributed by atoms with van der Waals surface area (Å²) in [4.78, 5) is 14.5. The Morgan fingerprint density at radius 3 is 2.00 bits per heavy atom. The highest BCUT2D eigenvalue weighted by molar-refractivity contribution is 4.86. The number of hydrogen-bond acceptors (Lipinski definition) is 4. The summed E-state index contributed by atoms with van der Waals surface area (Å²) in [6, 6.07) is 0. The number of hydroxylamine groups is 2. The first kappa shape index (κ1) is 18.1. The maximum atomic E-state index is 6.08. The molecule has 0 radical (unpaired) electrons. The van der Waals surface area contributed by atoms with Crippen molar-refractivity contribution in [1.82, 2.24) is 24.2 Å². The molecule has 6 heteroatoms. The fourth-order valence-corrected chi connectivity index (χ4v) is 3.49. The lowest BCUT2D eigenvalue weighted by Crippen LogP contribution is -2.30. The molecule has 0 amide bonds. The Labute approximate surface area is 150 Å². The molecular weight excluding hydrogens is 314 g/mol. The van der Waals surface area contributed by atoms with Crippen molar-refractivity contribution in [3.05, 3.63) is 37.4 Å². The van der Waals surface area contributed by atoms with E-state index in [0.717, 1.165) is 26.1 Å². The molecule has 0 unspecified atom stereocenters. The standard InChI is InChI=1S/C19H31N5O/c1-2-4-6-8-16-25-24(12-7-5-3-1)13-9-19(22-14-10-20-17-22)23-15-11-21-18-23/h10-11,14-15,17-19H,1-9,12-13,16H2. The van der Waals surface area contributed by atoms with E-state index in [4.69, 9.17) is 4.84 Å². The fraction of sp³-hybridized carbons (Fsp3) is 0.684. The molecule has 2 aromatic heterocycles. The van der Waals surface area contributed by atoms with Crippen LogP contribution < -0.4 is 0 Å². The van der Waals surface area contributed by atoms with Crippen LogP contribution >= 0.6 is 0 Å². The van der Waals surface area contributed by atoms with Gasteiger partial charge in [-0.3, -0.25) is 4.84 Å². The monoisotopic (exact) mass is 345 g/mol. The number of nitrogens with zero attached hydrogens (tertiary/aromatic N) is 5. The largest absolute Gasteiger partial charge is 0.316 e. The van der Waals surface area contributed by atoms with Crippen LogP contribution in [0.5, 0.6) is 0 Å². The van der Waals surface area contributed by atoms with Crippen molar-refractivity contribution in [2.45, 2.75) is 64.0 Å². The Morgan fingerprint density at radius 1 is 0.800 bits per heavy atom. The fourth-order valence-electron chi connectivity index (χ4n) is 3.49. The van der Waals surface area contributed by atoms with Crippen LogP contribution in [0.2, 0.25) is 0 Å². The van der Waals surface area contributed by atoms with Crippen LogP contribution in [0.1, 0.15) is 64.0 Å². The highest BCUT2D eigenvalue weighted by Gasteiger charge is 2.15. The summed E-state index contributed by atoms with van der Waals surface area (Å²) in [6.07, 6.45) is 23.1. The molecule has 0 bridgehead atoms. The van der Waals surface area contributed by atoms with E-state index >= 15 is 0 Å². The molecule has 1 fully saturated rings. The van der Waals surface area contributed by atoms with Gasteiger partial charge >= 0.3 is 0 Å². The summed E-state index contributed by atoms with van der Waals surface area (Å²) in [7, 11) is 0. The Kier molecular flexibility index (Phi) is 7.52. The first-order chi connectivity index (χ1) is 12.4. The second-order valence-corrected chi connectivity index (χ2v) is 6.88. The smallest absolute Gasteiger partial charge is 0.113 e. The first-order valence-corrected chi connectivity index (χ1v) is 9.76. The minimum Gasteiger partial charge on any atom is -0.316 e. The number of rotatable bonds is 5. The molecule has 2 aromatic rings. The third-order valence-corrected chi connectivity index (χ3v) is 4.95. The van der Waals surface area contributed by atoms with Crippen molar-refractivity contribution in [2.75, 3.05) is 19.7 Å². The molecule has 1 aliphatic heterocycles. The zero-order valence-electron chi connectivity index (χ0n) is 15.2. The van der Waals surface area contributed by atoms with Gasteiger partial charge in [-0.1, -0.05) is 38.5 Å². The summed E-state index contributed by atoms with van der Waals surface area (Å²) in [5.74, 6) is 0. The van der Waals surface area contributed by atoms with E-state index in [1.807, 2.05) is 37.4 Å². The number of aromatic nitrogens is 4. The molecule has 0 N–H and O–H groups in total. The summed E-state index contributed by atoms with van der Waals surface area (Å²) < 4.78 is 4.27. The Balaban J connectivity index is 1.56. The van der Waals surface area contributed by atoms with Gasteiger partial charge in [0.25, 0.3) is 0 Å². The van der Waals surface area contributed by atoms with Gasteiger partial charge < -0.3 is 9.13 Å². The molecule has 25 heavy (non-hydrogen) atoms. The van der Waals surface area contributed by atoms with Gasteiger partial charge in [-0.2, -0.15) is 5.06 Å². The average molecular weight is 345 g/mol. The Hall–Kier alpha value is -1.66. The quantitative estimate of drug-likeness (QED) is 0.825. The second-order valence-electron chi connectivity index (χ2n) is 6.88. The third-order valence-electron chi connectivity index (χ3n) is 4.95. The van der Waals surface area contributed by atoms with Gasteiger partial charge in [-0.25, -0.2) is 9.97 Å². The van der Waals surface area contributed by atoms with Gasteiger partial charge in [0.1, 0.15) is 6.17 Å². The summed E-state index contributed by atoms with van der Waals surface area (Å²) in [6.45, 7) is 2.79. The minimum absolute atomic E-state index is 0.190. The Morgan fingerprint density at radius 2 is 1.40 bits per heavy atom. The molecule has 1 aliphatic rings. The van der Waals surface area contributed by atoms with Crippen LogP contribution in [0.4, 0.5) is 0 Å². The van der Waals surface area contributed by atoms with Gasteiger partial charge in [0.2, 0.25) is 0 Å². The molecule has 0 aromatic carbocycles. The van der Waals surface area contributed by atoms with Crippen molar-refractivity contribution in [2.24, 2.45) is 0 Å². The van der Waals surface area contributed by atoms with Crippen LogP contribution in [0.25, 0.3) is 0 Å². The zero-order valence-corrected chi connectivity index (χ0v) is 15.2. The van der Waals surface area contributed by atoms with Crippen LogP contribution in [0.3, 0.4) is 0 Å². The predicted molar refractivity (Wildman–Crippen MR) is 98.0 cm³/mol. The predicted octanol–water partition coefficient (Wildman–Crippen LogP) is 3.88. The summed E-state index contributed by atoms with van der Waals surface area (Å²) >= 11 is 0. The maximum Gasteiger partial charge on any atom is 0.113 e. The zero-order chi connectivity index (χ0) is 17.2. The van der Waals surface area contributed by atoms with Crippen molar-refractivity contribution >= 4 is 0 Å². The van der Waals surface area contributed by atoms with E-state index in [1.54, 1.807) is 0 Å². The van der Waals surface area contributed by atoms with Crippen molar-refractivity contribution < 1.29 is 4.84 Å². The second kappa shape index (κ2) is 10.4. The average Bonchev–Trinajstić information content (AvgIpc) is 3.31. The van der Waals surface area contributed by atoms with Crippen molar-refractivity contribution in [3.63, 3.8) is 0 Å². The summed E-state index contributed by atoms with van der Waals surface area (Å²) in [5, 5.41) is 2.18. The van der Waals surface area contributed by atoms with E-state index in [0.29, 0.717) is 0 Å². The van der Waals surface area contributed by atoms with Crippen LogP contribution in [-0.2, 0) is 4.84 Å². The third kappa shape index (κ3) is 5.97. The SMILES string of the molecule is c1cn(C(CCN2CCCCCCCCCCO2)n2ccnc2)cn1. The van der Waals surface area contributed by atoms with Gasteiger partial charge in [-0.15, -0.1) is 0 Å². The van der Waals surface area contributed by atoms with Crippen LogP contribution in [-0.4, -0.2) is 43.9 Å². The summed E-state index contributed by atoms with van der Waals surface area (Å²) in [5.41, 5.74) is 0. The lowest BCUT2D eigenvalue weighted by atomic mass is 10.1. The Bertz CT molecular complexity index is 508. The van der Waals surface area contributed by atoms with Gasteiger partial charge in [0.05, 0.1) is 19.3 Å². The van der Waals surface area contributed by atoms with E-state index in [9.17, 15) is 0 Å².